The molecule has 0 radical (unpaired) electrons. The number of carbonyl (C=O) groups excluding carboxylic acids is 3. The maximum atomic E-state index is 13.7. The Bertz CT molecular complexity index is 2350. The van der Waals surface area contributed by atoms with Crippen LogP contribution in [0.1, 0.15) is 113 Å². The molecule has 13 heteroatoms. The Morgan fingerprint density at radius 1 is 0.836 bits per heavy atom. The van der Waals surface area contributed by atoms with Crippen LogP contribution < -0.4 is 20.4 Å². The summed E-state index contributed by atoms with van der Waals surface area (Å²) < 4.78 is 0. The zero-order chi connectivity index (χ0) is 41.8. The highest BCUT2D eigenvalue weighted by atomic mass is 16.3. The fourth-order valence-electron chi connectivity index (χ4n) is 10.9. The Morgan fingerprint density at radius 2 is 1.61 bits per heavy atom. The van der Waals surface area contributed by atoms with Crippen LogP contribution in [0.2, 0.25) is 0 Å². The number of aliphatic hydroxyl groups is 1. The number of rotatable bonds is 10. The second kappa shape index (κ2) is 16.3. The van der Waals surface area contributed by atoms with Crippen molar-refractivity contribution in [1.29, 1.82) is 0 Å². The summed E-state index contributed by atoms with van der Waals surface area (Å²) in [4.78, 5) is 63.4. The van der Waals surface area contributed by atoms with Gasteiger partial charge in [0.25, 0.3) is 5.91 Å². The Labute approximate surface area is 357 Å². The lowest BCUT2D eigenvalue weighted by Crippen LogP contribution is -2.54. The van der Waals surface area contributed by atoms with Gasteiger partial charge in [-0.05, 0) is 111 Å². The first-order valence-electron chi connectivity index (χ1n) is 22.3. The summed E-state index contributed by atoms with van der Waals surface area (Å²) in [5.74, 6) is 0.100. The fourth-order valence-corrected chi connectivity index (χ4v) is 10.9. The van der Waals surface area contributed by atoms with Crippen molar-refractivity contribution in [2.45, 2.75) is 95.0 Å². The first kappa shape index (κ1) is 39.5. The van der Waals surface area contributed by atoms with Crippen molar-refractivity contribution in [3.63, 3.8) is 0 Å². The lowest BCUT2D eigenvalue weighted by atomic mass is 9.87. The van der Waals surface area contributed by atoms with Crippen LogP contribution in [0.3, 0.4) is 0 Å². The number of nitrogens with one attached hydrogen (secondary N) is 2. The minimum atomic E-state index is -0.836. The van der Waals surface area contributed by atoms with Gasteiger partial charge in [-0.1, -0.05) is 19.1 Å². The van der Waals surface area contributed by atoms with E-state index in [0.29, 0.717) is 54.8 Å². The number of benzene rings is 2. The smallest absolute Gasteiger partial charge is 0.255 e. The summed E-state index contributed by atoms with van der Waals surface area (Å²) in [5.41, 5.74) is 9.62. The number of fused-ring (bicyclic) bond motifs is 3. The molecular weight excluding hydrogens is 767 g/mol. The standard InChI is InChI=1S/C48H55N9O4/c1-3-5-37-42(39-15-8-30-7-6-29(4-2)43(30)51-39)44-38(45(37)59)27-49-48(53-44)50-32-9-11-33(12-10-32)55-22-24-56(25-23-55)34-18-20-54(21-19-34)35-13-14-36-31(26-35)28-57(47(36)61)40-16-17-41(58)52-46(40)60/h3,8-15,26-27,29,34,37,40-42,58H,1,4-7,16-25,28H2,2H3,(H,52,60)(H,49,50,53). The number of nitrogens with zero attached hydrogens (tertiary/aromatic N) is 7. The van der Waals surface area contributed by atoms with Crippen LogP contribution in [0, 0.1) is 5.92 Å². The Morgan fingerprint density at radius 3 is 2.36 bits per heavy atom. The number of amides is 2. The third-order valence-corrected chi connectivity index (χ3v) is 14.3. The number of piperazine rings is 1. The number of anilines is 4. The number of piperidine rings is 2. The van der Waals surface area contributed by atoms with Crippen LogP contribution in [-0.4, -0.2) is 105 Å². The molecule has 0 saturated carbocycles. The van der Waals surface area contributed by atoms with Gasteiger partial charge in [-0.2, -0.15) is 0 Å². The molecule has 6 aliphatic rings. The molecular formula is C48H55N9O4. The normalized spacial score (nSPS) is 25.4. The molecule has 5 atom stereocenters. The molecule has 316 valence electrons. The third-order valence-electron chi connectivity index (χ3n) is 14.3. The van der Waals surface area contributed by atoms with E-state index in [-0.39, 0.29) is 29.4 Å². The molecule has 2 amide bonds. The van der Waals surface area contributed by atoms with Crippen LogP contribution in [0.15, 0.2) is 73.4 Å². The highest BCUT2D eigenvalue weighted by Gasteiger charge is 2.43. The number of aliphatic hydroxyl groups excluding tert-OH is 1. The number of ketones is 1. The van der Waals surface area contributed by atoms with Gasteiger partial charge in [-0.25, -0.2) is 9.97 Å². The molecule has 2 aromatic carbocycles. The van der Waals surface area contributed by atoms with Crippen LogP contribution in [0.25, 0.3) is 0 Å². The predicted molar refractivity (Wildman–Crippen MR) is 234 cm³/mol. The number of Topliss-reactive ketones (excluding diaryl/α,β-unsaturated/α-hetero) is 1. The topological polar surface area (TPSA) is 147 Å². The van der Waals surface area contributed by atoms with Gasteiger partial charge in [-0.3, -0.25) is 24.3 Å². The summed E-state index contributed by atoms with van der Waals surface area (Å²) in [6, 6.07) is 18.9. The average Bonchev–Trinajstić information content (AvgIpc) is 3.94. The lowest BCUT2D eigenvalue weighted by molar-refractivity contribution is -0.132. The zero-order valence-electron chi connectivity index (χ0n) is 34.9. The van der Waals surface area contributed by atoms with E-state index in [9.17, 15) is 19.5 Å². The lowest BCUT2D eigenvalue weighted by Gasteiger charge is -2.44. The average molecular weight is 822 g/mol. The van der Waals surface area contributed by atoms with Crippen LogP contribution in [-0.2, 0) is 17.8 Å². The van der Waals surface area contributed by atoms with Crippen molar-refractivity contribution in [2.75, 3.05) is 54.4 Å². The highest BCUT2D eigenvalue weighted by molar-refractivity contribution is 6.03. The van der Waals surface area contributed by atoms with Gasteiger partial charge in [0.2, 0.25) is 11.9 Å². The Balaban J connectivity index is 0.735. The summed E-state index contributed by atoms with van der Waals surface area (Å²) in [6.07, 6.45) is 9.59. The molecule has 3 fully saturated rings. The van der Waals surface area contributed by atoms with E-state index in [1.54, 1.807) is 11.1 Å². The van der Waals surface area contributed by atoms with Gasteiger partial charge in [0.05, 0.1) is 22.9 Å². The van der Waals surface area contributed by atoms with Crippen molar-refractivity contribution < 1.29 is 19.5 Å². The number of allylic oxidation sites excluding steroid dienone is 1. The van der Waals surface area contributed by atoms with E-state index < -0.39 is 12.3 Å². The van der Waals surface area contributed by atoms with Crippen LogP contribution in [0.4, 0.5) is 23.0 Å². The maximum Gasteiger partial charge on any atom is 0.255 e. The minimum Gasteiger partial charge on any atom is -0.374 e. The minimum absolute atomic E-state index is 0.0648. The Kier molecular flexibility index (Phi) is 10.6. The number of carbonyl (C=O) groups is 3. The zero-order valence-corrected chi connectivity index (χ0v) is 34.9. The van der Waals surface area contributed by atoms with E-state index in [1.807, 2.05) is 12.1 Å². The SMILES string of the molecule is C=CCC1C(=O)c2cnc(Nc3ccc(N4CCN(C5CCN(c6ccc7c(c6)CN(C6CCC(O)NC6=O)C7=O)CC5)CC4)cc3)nc2C1c1ccc2c(n1)C(CC)CC2. The first-order valence-corrected chi connectivity index (χ1v) is 22.3. The van der Waals surface area contributed by atoms with Gasteiger partial charge in [0.15, 0.2) is 5.78 Å². The van der Waals surface area contributed by atoms with Crippen molar-refractivity contribution in [3.05, 3.63) is 113 Å². The predicted octanol–water partition coefficient (Wildman–Crippen LogP) is 5.92. The largest absolute Gasteiger partial charge is 0.374 e. The number of aryl methyl sites for hydroxylation is 1. The number of hydrogen-bond acceptors (Lipinski definition) is 11. The molecule has 10 rings (SSSR count). The van der Waals surface area contributed by atoms with Gasteiger partial charge in [-0.15, -0.1) is 6.58 Å². The second-order valence-corrected chi connectivity index (χ2v) is 17.7. The van der Waals surface area contributed by atoms with E-state index in [1.165, 1.54) is 16.9 Å². The molecule has 2 aromatic heterocycles. The van der Waals surface area contributed by atoms with E-state index in [4.69, 9.17) is 9.97 Å². The van der Waals surface area contributed by atoms with Crippen LogP contribution in [0.5, 0.6) is 0 Å². The fraction of sp³-hybridized carbons (Fsp3) is 0.458. The molecule has 4 aromatic rings. The Hall–Kier alpha value is -5.66. The molecule has 4 aliphatic heterocycles. The summed E-state index contributed by atoms with van der Waals surface area (Å²) in [6.45, 7) is 12.5. The van der Waals surface area contributed by atoms with Crippen molar-refractivity contribution in [1.82, 2.24) is 30.1 Å². The molecule has 5 unspecified atom stereocenters. The molecule has 13 nitrogen and oxygen atoms in total. The van der Waals surface area contributed by atoms with E-state index in [0.717, 1.165) is 99.7 Å². The molecule has 3 saturated heterocycles. The summed E-state index contributed by atoms with van der Waals surface area (Å²) in [5, 5.41) is 15.8. The second-order valence-electron chi connectivity index (χ2n) is 17.7. The monoisotopic (exact) mass is 821 g/mol. The first-order chi connectivity index (χ1) is 29.8. The van der Waals surface area contributed by atoms with Gasteiger partial charge >= 0.3 is 0 Å². The van der Waals surface area contributed by atoms with Gasteiger partial charge in [0.1, 0.15) is 12.3 Å². The summed E-state index contributed by atoms with van der Waals surface area (Å²) in [7, 11) is 0. The third kappa shape index (κ3) is 7.35. The van der Waals surface area contributed by atoms with Crippen LogP contribution >= 0.6 is 0 Å². The molecule has 0 spiro atoms. The van der Waals surface area contributed by atoms with Gasteiger partial charge < -0.3 is 30.4 Å². The molecule has 6 heterocycles. The maximum absolute atomic E-state index is 13.7. The van der Waals surface area contributed by atoms with Crippen molar-refractivity contribution in [2.24, 2.45) is 5.92 Å². The van der Waals surface area contributed by atoms with Crippen molar-refractivity contribution in [3.8, 4) is 0 Å². The number of hydrogen-bond donors (Lipinski definition) is 3. The molecule has 2 aliphatic carbocycles. The summed E-state index contributed by atoms with van der Waals surface area (Å²) >= 11 is 0. The molecule has 0 bridgehead atoms. The molecule has 3 N–H and O–H groups in total. The highest BCUT2D eigenvalue weighted by Crippen LogP contribution is 2.44. The van der Waals surface area contributed by atoms with E-state index in [2.05, 4.69) is 92.4 Å². The van der Waals surface area contributed by atoms with Crippen molar-refractivity contribution >= 4 is 40.6 Å². The molecule has 61 heavy (non-hydrogen) atoms. The number of pyridine rings is 1. The van der Waals surface area contributed by atoms with E-state index >= 15 is 0 Å². The quantitative estimate of drug-likeness (QED) is 0.164. The van der Waals surface area contributed by atoms with Gasteiger partial charge in [0, 0.05) is 98.2 Å². The number of aromatic nitrogens is 3.